The normalized spacial score (nSPS) is 14.8. The maximum absolute atomic E-state index is 11.9. The lowest BCUT2D eigenvalue weighted by Gasteiger charge is -2.19. The van der Waals surface area contributed by atoms with Gasteiger partial charge in [-0.25, -0.2) is 4.98 Å². The smallest absolute Gasteiger partial charge is 0.234 e. The third-order valence-electron chi connectivity index (χ3n) is 2.31. The Hall–Kier alpha value is -0.420. The first-order valence-electron chi connectivity index (χ1n) is 5.40. The fourth-order valence-corrected chi connectivity index (χ4v) is 2.20. The lowest BCUT2D eigenvalue weighted by molar-refractivity contribution is -0.121. The van der Waals surface area contributed by atoms with E-state index in [1.54, 1.807) is 17.5 Å². The summed E-state index contributed by atoms with van der Waals surface area (Å²) in [6, 6.07) is 0.0336. The van der Waals surface area contributed by atoms with Crippen LogP contribution in [-0.2, 0) is 4.79 Å². The molecule has 1 aromatic rings. The van der Waals surface area contributed by atoms with Gasteiger partial charge in [-0.05, 0) is 12.3 Å². The highest BCUT2D eigenvalue weighted by molar-refractivity contribution is 9.10. The Kier molecular flexibility index (Phi) is 5.41. The van der Waals surface area contributed by atoms with Crippen LogP contribution in [0.2, 0.25) is 0 Å². The average Bonchev–Trinajstić information content (AvgIpc) is 2.77. The molecule has 90 valence electrons. The summed E-state index contributed by atoms with van der Waals surface area (Å²) in [5.41, 5.74) is 0. The Morgan fingerprint density at radius 1 is 1.62 bits per heavy atom. The first-order chi connectivity index (χ1) is 7.56. The highest BCUT2D eigenvalue weighted by Gasteiger charge is 2.22. The molecule has 1 aromatic heterocycles. The molecule has 0 spiro atoms. The molecule has 5 heteroatoms. The number of amides is 1. The summed E-state index contributed by atoms with van der Waals surface area (Å²) in [5, 5.41) is 5.91. The Balaban J connectivity index is 2.61. The van der Waals surface area contributed by atoms with Crippen molar-refractivity contribution >= 4 is 33.2 Å². The van der Waals surface area contributed by atoms with Crippen molar-refractivity contribution in [2.24, 2.45) is 5.92 Å². The summed E-state index contributed by atoms with van der Waals surface area (Å²) in [4.78, 5) is 16.0. The maximum Gasteiger partial charge on any atom is 0.234 e. The standard InChI is InChI=1S/C11H17BrN2OS/c1-4-8(11-13-5-6-16-11)14-10(15)9(12)7(2)3/h5-9H,4H2,1-3H3,(H,14,15). The number of halogens is 1. The number of nitrogens with one attached hydrogen (secondary N) is 1. The predicted molar refractivity (Wildman–Crippen MR) is 70.8 cm³/mol. The van der Waals surface area contributed by atoms with Gasteiger partial charge in [-0.2, -0.15) is 0 Å². The van der Waals surface area contributed by atoms with Gasteiger partial charge < -0.3 is 5.32 Å². The van der Waals surface area contributed by atoms with E-state index in [0.717, 1.165) is 11.4 Å². The average molecular weight is 305 g/mol. The Labute approximate surface area is 109 Å². The van der Waals surface area contributed by atoms with E-state index in [0.29, 0.717) is 0 Å². The highest BCUT2D eigenvalue weighted by Crippen LogP contribution is 2.20. The van der Waals surface area contributed by atoms with Crippen LogP contribution in [0.5, 0.6) is 0 Å². The zero-order valence-electron chi connectivity index (χ0n) is 9.74. The molecule has 0 aliphatic heterocycles. The fourth-order valence-electron chi connectivity index (χ4n) is 1.30. The molecule has 0 saturated heterocycles. The lowest BCUT2D eigenvalue weighted by Crippen LogP contribution is -2.36. The number of aromatic nitrogens is 1. The molecule has 0 radical (unpaired) electrons. The van der Waals surface area contributed by atoms with E-state index in [2.05, 4.69) is 26.2 Å². The number of alkyl halides is 1. The SMILES string of the molecule is CCC(NC(=O)C(Br)C(C)C)c1nccs1. The molecule has 0 saturated carbocycles. The molecule has 0 aliphatic rings. The third-order valence-corrected chi connectivity index (χ3v) is 4.67. The van der Waals surface area contributed by atoms with E-state index < -0.39 is 0 Å². The second-order valence-electron chi connectivity index (χ2n) is 3.99. The molecule has 2 unspecified atom stereocenters. The van der Waals surface area contributed by atoms with Gasteiger partial charge in [0.15, 0.2) is 0 Å². The summed E-state index contributed by atoms with van der Waals surface area (Å²) in [6.07, 6.45) is 2.62. The van der Waals surface area contributed by atoms with Crippen LogP contribution in [-0.4, -0.2) is 15.7 Å². The van der Waals surface area contributed by atoms with Crippen LogP contribution in [0.15, 0.2) is 11.6 Å². The van der Waals surface area contributed by atoms with Gasteiger partial charge in [0.1, 0.15) is 5.01 Å². The fraction of sp³-hybridized carbons (Fsp3) is 0.636. The van der Waals surface area contributed by atoms with Crippen molar-refractivity contribution in [1.29, 1.82) is 0 Å². The second kappa shape index (κ2) is 6.35. The van der Waals surface area contributed by atoms with Crippen molar-refractivity contribution in [1.82, 2.24) is 10.3 Å². The molecule has 1 amide bonds. The Morgan fingerprint density at radius 2 is 2.31 bits per heavy atom. The monoisotopic (exact) mass is 304 g/mol. The van der Waals surface area contributed by atoms with Gasteiger partial charge in [0.2, 0.25) is 5.91 Å². The van der Waals surface area contributed by atoms with Crippen molar-refractivity contribution in [2.75, 3.05) is 0 Å². The largest absolute Gasteiger partial charge is 0.346 e. The van der Waals surface area contributed by atoms with Crippen molar-refractivity contribution in [3.05, 3.63) is 16.6 Å². The Morgan fingerprint density at radius 3 is 2.75 bits per heavy atom. The summed E-state index contributed by atoms with van der Waals surface area (Å²) >= 11 is 4.98. The van der Waals surface area contributed by atoms with Crippen LogP contribution in [0.25, 0.3) is 0 Å². The molecule has 0 bridgehead atoms. The second-order valence-corrected chi connectivity index (χ2v) is 5.90. The van der Waals surface area contributed by atoms with Crippen molar-refractivity contribution in [3.63, 3.8) is 0 Å². The third kappa shape index (κ3) is 3.56. The van der Waals surface area contributed by atoms with E-state index in [1.807, 2.05) is 26.2 Å². The summed E-state index contributed by atoms with van der Waals surface area (Å²) in [6.45, 7) is 6.08. The minimum Gasteiger partial charge on any atom is -0.346 e. The van der Waals surface area contributed by atoms with E-state index in [1.165, 1.54) is 0 Å². The molecule has 1 N–H and O–H groups in total. The zero-order valence-corrected chi connectivity index (χ0v) is 12.1. The van der Waals surface area contributed by atoms with Crippen LogP contribution in [0.4, 0.5) is 0 Å². The minimum atomic E-state index is -0.137. The van der Waals surface area contributed by atoms with Gasteiger partial charge in [0.05, 0.1) is 10.9 Å². The van der Waals surface area contributed by atoms with Gasteiger partial charge in [0, 0.05) is 11.6 Å². The van der Waals surface area contributed by atoms with Crippen molar-refractivity contribution < 1.29 is 4.79 Å². The molecule has 1 rings (SSSR count). The van der Waals surface area contributed by atoms with Crippen LogP contribution in [0.3, 0.4) is 0 Å². The number of hydrogen-bond acceptors (Lipinski definition) is 3. The number of carbonyl (C=O) groups excluding carboxylic acids is 1. The molecule has 0 fully saturated rings. The van der Waals surface area contributed by atoms with E-state index in [4.69, 9.17) is 0 Å². The molecule has 2 atom stereocenters. The zero-order chi connectivity index (χ0) is 12.1. The molecule has 0 aromatic carbocycles. The van der Waals surface area contributed by atoms with Crippen molar-refractivity contribution in [3.8, 4) is 0 Å². The lowest BCUT2D eigenvalue weighted by atomic mass is 10.1. The molecular weight excluding hydrogens is 288 g/mol. The van der Waals surface area contributed by atoms with E-state index in [9.17, 15) is 4.79 Å². The molecule has 16 heavy (non-hydrogen) atoms. The van der Waals surface area contributed by atoms with Gasteiger partial charge in [-0.1, -0.05) is 36.7 Å². The number of thiazole rings is 1. The summed E-state index contributed by atoms with van der Waals surface area (Å²) < 4.78 is 0. The topological polar surface area (TPSA) is 42.0 Å². The first-order valence-corrected chi connectivity index (χ1v) is 7.19. The predicted octanol–water partition coefficient (Wildman–Crippen LogP) is 3.13. The minimum absolute atomic E-state index is 0.0336. The number of rotatable bonds is 5. The quantitative estimate of drug-likeness (QED) is 0.849. The first kappa shape index (κ1) is 13.6. The van der Waals surface area contributed by atoms with Crippen LogP contribution >= 0.6 is 27.3 Å². The van der Waals surface area contributed by atoms with Gasteiger partial charge in [0.25, 0.3) is 0 Å². The molecular formula is C11H17BrN2OS. The maximum atomic E-state index is 11.9. The van der Waals surface area contributed by atoms with E-state index in [-0.39, 0.29) is 22.7 Å². The number of carbonyl (C=O) groups is 1. The van der Waals surface area contributed by atoms with Crippen LogP contribution < -0.4 is 5.32 Å². The number of hydrogen-bond donors (Lipinski definition) is 1. The van der Waals surface area contributed by atoms with Crippen molar-refractivity contribution in [2.45, 2.75) is 38.1 Å². The van der Waals surface area contributed by atoms with Gasteiger partial charge in [-0.15, -0.1) is 11.3 Å². The van der Waals surface area contributed by atoms with Gasteiger partial charge in [-0.3, -0.25) is 4.79 Å². The Bertz CT molecular complexity index is 327. The highest BCUT2D eigenvalue weighted by atomic mass is 79.9. The number of nitrogens with zero attached hydrogens (tertiary/aromatic N) is 1. The summed E-state index contributed by atoms with van der Waals surface area (Å²) in [5.74, 6) is 0.325. The van der Waals surface area contributed by atoms with E-state index >= 15 is 0 Å². The summed E-state index contributed by atoms with van der Waals surface area (Å²) in [7, 11) is 0. The van der Waals surface area contributed by atoms with Crippen LogP contribution in [0.1, 0.15) is 38.2 Å². The van der Waals surface area contributed by atoms with Crippen LogP contribution in [0, 0.1) is 5.92 Å². The molecule has 0 aliphatic carbocycles. The molecule has 1 heterocycles. The molecule has 3 nitrogen and oxygen atoms in total. The van der Waals surface area contributed by atoms with Gasteiger partial charge >= 0.3 is 0 Å².